The minimum atomic E-state index is -0.296. The molecular formula is C15H11Cl2FN2. The van der Waals surface area contributed by atoms with Crippen LogP contribution in [0.1, 0.15) is 11.4 Å². The molecule has 20 heavy (non-hydrogen) atoms. The lowest BCUT2D eigenvalue weighted by Crippen LogP contribution is -2.02. The van der Waals surface area contributed by atoms with Crippen LogP contribution in [0.2, 0.25) is 5.02 Å². The molecule has 5 heteroatoms. The van der Waals surface area contributed by atoms with E-state index < -0.39 is 0 Å². The van der Waals surface area contributed by atoms with Crippen molar-refractivity contribution in [1.82, 2.24) is 9.55 Å². The van der Waals surface area contributed by atoms with Crippen LogP contribution in [0.5, 0.6) is 0 Å². The number of imidazole rings is 1. The van der Waals surface area contributed by atoms with Gasteiger partial charge in [-0.1, -0.05) is 17.7 Å². The van der Waals surface area contributed by atoms with Crippen molar-refractivity contribution in [3.05, 3.63) is 58.6 Å². The maximum atomic E-state index is 13.6. The van der Waals surface area contributed by atoms with Crippen molar-refractivity contribution in [2.75, 3.05) is 0 Å². The molecule has 0 aliphatic rings. The first-order chi connectivity index (χ1) is 9.60. The molecule has 1 heterocycles. The molecule has 0 bridgehead atoms. The highest BCUT2D eigenvalue weighted by atomic mass is 35.5. The zero-order valence-corrected chi connectivity index (χ0v) is 12.2. The number of alkyl halides is 1. The fraction of sp³-hybridized carbons (Fsp3) is 0.133. The summed E-state index contributed by atoms with van der Waals surface area (Å²) < 4.78 is 15.4. The molecule has 0 amide bonds. The lowest BCUT2D eigenvalue weighted by molar-refractivity contribution is 0.626. The van der Waals surface area contributed by atoms with Crippen molar-refractivity contribution in [2.24, 2.45) is 0 Å². The van der Waals surface area contributed by atoms with Crippen molar-refractivity contribution in [2.45, 2.75) is 12.8 Å². The van der Waals surface area contributed by atoms with Crippen molar-refractivity contribution < 1.29 is 4.39 Å². The molecule has 0 unspecified atom stereocenters. The molecule has 0 fully saturated rings. The van der Waals surface area contributed by atoms with Gasteiger partial charge in [-0.25, -0.2) is 9.37 Å². The summed E-state index contributed by atoms with van der Waals surface area (Å²) in [5.41, 5.74) is 3.28. The van der Waals surface area contributed by atoms with Crippen LogP contribution in [0.4, 0.5) is 4.39 Å². The molecule has 2 aromatic carbocycles. The summed E-state index contributed by atoms with van der Waals surface area (Å²) in [5, 5.41) is 0.605. The Hall–Kier alpha value is -1.58. The lowest BCUT2D eigenvalue weighted by Gasteiger charge is -2.11. The number of benzene rings is 2. The van der Waals surface area contributed by atoms with Gasteiger partial charge in [-0.15, -0.1) is 11.6 Å². The molecule has 0 N–H and O–H groups in total. The van der Waals surface area contributed by atoms with Crippen LogP contribution in [-0.2, 0) is 5.88 Å². The Balaban J connectivity index is 2.39. The molecule has 0 aliphatic carbocycles. The summed E-state index contributed by atoms with van der Waals surface area (Å²) in [6, 6.07) is 10.1. The van der Waals surface area contributed by atoms with E-state index in [1.807, 2.05) is 23.6 Å². The van der Waals surface area contributed by atoms with Gasteiger partial charge in [0.05, 0.1) is 22.6 Å². The number of aryl methyl sites for hydroxylation is 1. The first kappa shape index (κ1) is 13.4. The molecule has 0 atom stereocenters. The summed E-state index contributed by atoms with van der Waals surface area (Å²) in [4.78, 5) is 4.47. The SMILES string of the molecule is Cc1ccc(F)cc1-n1c(CCl)nc2ccc(Cl)cc21. The van der Waals surface area contributed by atoms with Crippen LogP contribution in [0.25, 0.3) is 16.7 Å². The van der Waals surface area contributed by atoms with Crippen molar-refractivity contribution in [3.8, 4) is 5.69 Å². The number of nitrogens with zero attached hydrogens (tertiary/aromatic N) is 2. The van der Waals surface area contributed by atoms with Gasteiger partial charge in [0.1, 0.15) is 11.6 Å². The van der Waals surface area contributed by atoms with E-state index in [-0.39, 0.29) is 11.7 Å². The van der Waals surface area contributed by atoms with Crippen LogP contribution < -0.4 is 0 Å². The summed E-state index contributed by atoms with van der Waals surface area (Å²) >= 11 is 12.0. The minimum absolute atomic E-state index is 0.238. The Labute approximate surface area is 125 Å². The van der Waals surface area contributed by atoms with Crippen LogP contribution in [0, 0.1) is 12.7 Å². The van der Waals surface area contributed by atoms with Crippen molar-refractivity contribution in [1.29, 1.82) is 0 Å². The highest BCUT2D eigenvalue weighted by Gasteiger charge is 2.14. The van der Waals surface area contributed by atoms with Gasteiger partial charge < -0.3 is 0 Å². The Kier molecular flexibility index (Phi) is 3.40. The molecule has 3 aromatic rings. The van der Waals surface area contributed by atoms with Crippen molar-refractivity contribution >= 4 is 34.2 Å². The number of halogens is 3. The van der Waals surface area contributed by atoms with E-state index in [0.717, 1.165) is 22.3 Å². The maximum absolute atomic E-state index is 13.6. The van der Waals surface area contributed by atoms with Gasteiger partial charge in [0.2, 0.25) is 0 Å². The third-order valence-corrected chi connectivity index (χ3v) is 3.69. The third kappa shape index (κ3) is 2.17. The fourth-order valence-corrected chi connectivity index (χ4v) is 2.63. The van der Waals surface area contributed by atoms with Crippen LogP contribution in [0.15, 0.2) is 36.4 Å². The molecule has 0 aliphatic heterocycles. The van der Waals surface area contributed by atoms with Gasteiger partial charge in [0.25, 0.3) is 0 Å². The number of hydrogen-bond donors (Lipinski definition) is 0. The van der Waals surface area contributed by atoms with Gasteiger partial charge in [-0.3, -0.25) is 4.57 Å². The molecule has 0 radical (unpaired) electrons. The number of aromatic nitrogens is 2. The summed E-state index contributed by atoms with van der Waals surface area (Å²) in [7, 11) is 0. The third-order valence-electron chi connectivity index (χ3n) is 3.22. The molecule has 1 aromatic heterocycles. The van der Waals surface area contributed by atoms with E-state index in [9.17, 15) is 4.39 Å². The van der Waals surface area contributed by atoms with Crippen LogP contribution in [-0.4, -0.2) is 9.55 Å². The highest BCUT2D eigenvalue weighted by molar-refractivity contribution is 6.31. The summed E-state index contributed by atoms with van der Waals surface area (Å²) in [6.07, 6.45) is 0. The zero-order chi connectivity index (χ0) is 14.3. The van der Waals surface area contributed by atoms with Gasteiger partial charge >= 0.3 is 0 Å². The van der Waals surface area contributed by atoms with E-state index in [0.29, 0.717) is 10.8 Å². The second kappa shape index (κ2) is 5.08. The predicted molar refractivity (Wildman–Crippen MR) is 80.3 cm³/mol. The quantitative estimate of drug-likeness (QED) is 0.618. The Morgan fingerprint density at radius 2 is 2.00 bits per heavy atom. The molecule has 0 spiro atoms. The van der Waals surface area contributed by atoms with Crippen molar-refractivity contribution in [3.63, 3.8) is 0 Å². The lowest BCUT2D eigenvalue weighted by atomic mass is 10.2. The van der Waals surface area contributed by atoms with E-state index >= 15 is 0 Å². The molecule has 102 valence electrons. The van der Waals surface area contributed by atoms with Gasteiger partial charge in [0, 0.05) is 5.02 Å². The largest absolute Gasteiger partial charge is 0.295 e. The molecule has 0 saturated heterocycles. The second-order valence-corrected chi connectivity index (χ2v) is 5.26. The van der Waals surface area contributed by atoms with Crippen LogP contribution >= 0.6 is 23.2 Å². The number of rotatable bonds is 2. The van der Waals surface area contributed by atoms with E-state index in [4.69, 9.17) is 23.2 Å². The number of fused-ring (bicyclic) bond motifs is 1. The van der Waals surface area contributed by atoms with E-state index in [1.165, 1.54) is 12.1 Å². The Bertz CT molecular complexity index is 796. The first-order valence-corrected chi connectivity index (χ1v) is 7.01. The summed E-state index contributed by atoms with van der Waals surface area (Å²) in [5.74, 6) is 0.607. The Morgan fingerprint density at radius 3 is 2.75 bits per heavy atom. The van der Waals surface area contributed by atoms with E-state index in [2.05, 4.69) is 4.98 Å². The predicted octanol–water partition coefficient (Wildman–Crippen LogP) is 4.87. The topological polar surface area (TPSA) is 17.8 Å². The average molecular weight is 309 g/mol. The van der Waals surface area contributed by atoms with Gasteiger partial charge in [-0.2, -0.15) is 0 Å². The fourth-order valence-electron chi connectivity index (χ4n) is 2.28. The minimum Gasteiger partial charge on any atom is -0.295 e. The first-order valence-electron chi connectivity index (χ1n) is 6.09. The molecular weight excluding hydrogens is 298 g/mol. The van der Waals surface area contributed by atoms with E-state index in [1.54, 1.807) is 12.1 Å². The average Bonchev–Trinajstić information content (AvgIpc) is 2.79. The maximum Gasteiger partial charge on any atom is 0.129 e. The summed E-state index contributed by atoms with van der Waals surface area (Å²) in [6.45, 7) is 1.92. The smallest absolute Gasteiger partial charge is 0.129 e. The highest BCUT2D eigenvalue weighted by Crippen LogP contribution is 2.27. The normalized spacial score (nSPS) is 11.2. The zero-order valence-electron chi connectivity index (χ0n) is 10.7. The molecule has 3 rings (SSSR count). The number of hydrogen-bond acceptors (Lipinski definition) is 1. The molecule has 2 nitrogen and oxygen atoms in total. The standard InChI is InChI=1S/C15H11Cl2FN2/c1-9-2-4-11(18)7-13(9)20-14-6-10(17)3-5-12(14)19-15(20)8-16/h2-7H,8H2,1H3. The van der Waals surface area contributed by atoms with Gasteiger partial charge in [-0.05, 0) is 42.8 Å². The van der Waals surface area contributed by atoms with Crippen LogP contribution in [0.3, 0.4) is 0 Å². The Morgan fingerprint density at radius 1 is 1.20 bits per heavy atom. The second-order valence-electron chi connectivity index (χ2n) is 4.56. The monoisotopic (exact) mass is 308 g/mol. The molecule has 0 saturated carbocycles. The van der Waals surface area contributed by atoms with Gasteiger partial charge in [0.15, 0.2) is 0 Å².